The molecule has 1 unspecified atom stereocenters. The molecule has 2 N–H and O–H groups in total. The Hall–Kier alpha value is -1.11. The molecule has 108 valence electrons. The predicted molar refractivity (Wildman–Crippen MR) is 68.2 cm³/mol. The fraction of sp³-hybridized carbons (Fsp3) is 0.833. The van der Waals surface area contributed by atoms with E-state index < -0.39 is 33.1 Å². The molecule has 0 radical (unpaired) electrons. The molecule has 0 aromatic heterocycles. The van der Waals surface area contributed by atoms with Gasteiger partial charge in [0.15, 0.2) is 9.84 Å². The van der Waals surface area contributed by atoms with Gasteiger partial charge in [-0.25, -0.2) is 8.42 Å². The molecule has 2 aliphatic rings. The fourth-order valence-corrected chi connectivity index (χ4v) is 4.65. The van der Waals surface area contributed by atoms with Gasteiger partial charge in [0.2, 0.25) is 5.91 Å². The summed E-state index contributed by atoms with van der Waals surface area (Å²) in [6.45, 7) is 3.49. The van der Waals surface area contributed by atoms with Gasteiger partial charge in [0.25, 0.3) is 0 Å². The Morgan fingerprint density at radius 3 is 2.37 bits per heavy atom. The van der Waals surface area contributed by atoms with E-state index in [1.54, 1.807) is 13.8 Å². The highest BCUT2D eigenvalue weighted by molar-refractivity contribution is 7.91. The number of sulfone groups is 1. The van der Waals surface area contributed by atoms with Crippen molar-refractivity contribution in [3.63, 3.8) is 0 Å². The lowest BCUT2D eigenvalue weighted by atomic mass is 10.1. The zero-order valence-corrected chi connectivity index (χ0v) is 11.9. The van der Waals surface area contributed by atoms with Gasteiger partial charge in [0.05, 0.1) is 23.3 Å². The molecule has 1 aliphatic carbocycles. The second-order valence-corrected chi connectivity index (χ2v) is 8.31. The van der Waals surface area contributed by atoms with Gasteiger partial charge in [-0.1, -0.05) is 13.8 Å². The minimum absolute atomic E-state index is 0.0381. The topological polar surface area (TPSA) is 101 Å². The maximum atomic E-state index is 12.0. The monoisotopic (exact) mass is 289 g/mol. The molecular weight excluding hydrogens is 270 g/mol. The molecule has 1 saturated carbocycles. The first kappa shape index (κ1) is 14.3. The van der Waals surface area contributed by atoms with Crippen LogP contribution in [-0.2, 0) is 19.4 Å². The fourth-order valence-electron chi connectivity index (χ4n) is 3.02. The minimum Gasteiger partial charge on any atom is -0.481 e. The third-order valence-corrected chi connectivity index (χ3v) is 6.01. The second kappa shape index (κ2) is 4.47. The van der Waals surface area contributed by atoms with E-state index in [0.717, 1.165) is 0 Å². The molecule has 0 bridgehead atoms. The predicted octanol–water partition coefficient (Wildman–Crippen LogP) is 0.0366. The molecular formula is C12H19NO5S. The Kier molecular flexibility index (Phi) is 3.36. The molecule has 1 heterocycles. The van der Waals surface area contributed by atoms with E-state index in [4.69, 9.17) is 5.11 Å². The Labute approximate surface area is 112 Å². The molecule has 1 amide bonds. The average Bonchev–Trinajstić information content (AvgIpc) is 2.80. The Balaban J connectivity index is 1.98. The van der Waals surface area contributed by atoms with E-state index in [1.807, 2.05) is 0 Å². The Morgan fingerprint density at radius 1 is 1.26 bits per heavy atom. The van der Waals surface area contributed by atoms with Gasteiger partial charge in [-0.3, -0.25) is 9.59 Å². The van der Waals surface area contributed by atoms with Crippen LogP contribution < -0.4 is 5.32 Å². The van der Waals surface area contributed by atoms with Crippen molar-refractivity contribution < 1.29 is 23.1 Å². The van der Waals surface area contributed by atoms with E-state index in [0.29, 0.717) is 12.8 Å². The Morgan fingerprint density at radius 2 is 1.89 bits per heavy atom. The number of hydrogen-bond donors (Lipinski definition) is 2. The summed E-state index contributed by atoms with van der Waals surface area (Å²) < 4.78 is 23.0. The minimum atomic E-state index is -3.07. The van der Waals surface area contributed by atoms with Gasteiger partial charge in [0.1, 0.15) is 0 Å². The average molecular weight is 289 g/mol. The highest BCUT2D eigenvalue weighted by Crippen LogP contribution is 2.58. The maximum Gasteiger partial charge on any atom is 0.307 e. The summed E-state index contributed by atoms with van der Waals surface area (Å²) in [5.74, 6) is -2.40. The number of carboxylic acids is 1. The molecule has 3 atom stereocenters. The molecule has 1 aliphatic heterocycles. The number of carboxylic acid groups (broad SMARTS) is 1. The van der Waals surface area contributed by atoms with Crippen LogP contribution in [-0.4, -0.2) is 42.9 Å². The molecule has 1 saturated heterocycles. The lowest BCUT2D eigenvalue weighted by Crippen LogP contribution is -2.44. The molecule has 0 spiro atoms. The van der Waals surface area contributed by atoms with Gasteiger partial charge in [0, 0.05) is 6.04 Å². The molecule has 0 aromatic rings. The van der Waals surface area contributed by atoms with Crippen molar-refractivity contribution in [2.24, 2.45) is 17.3 Å². The number of carbonyl (C=O) groups is 2. The van der Waals surface area contributed by atoms with E-state index in [2.05, 4.69) is 5.32 Å². The van der Waals surface area contributed by atoms with Crippen molar-refractivity contribution >= 4 is 21.7 Å². The lowest BCUT2D eigenvalue weighted by molar-refractivity contribution is -0.140. The van der Waals surface area contributed by atoms with Gasteiger partial charge in [-0.05, 0) is 18.3 Å². The standard InChI is InChI=1S/C12H19NO5S/c1-12(2)8(9(12)11(15)16)10(14)13-7-4-3-5-19(17,18)6-7/h7-9H,3-6H2,1-2H3,(H,13,14)(H,15,16)/t7?,8-,9+/m1/s1. The van der Waals surface area contributed by atoms with Crippen LogP contribution in [0.1, 0.15) is 26.7 Å². The first-order valence-electron chi connectivity index (χ1n) is 6.39. The van der Waals surface area contributed by atoms with Crippen molar-refractivity contribution in [3.05, 3.63) is 0 Å². The smallest absolute Gasteiger partial charge is 0.307 e. The molecule has 2 rings (SSSR count). The summed E-state index contributed by atoms with van der Waals surface area (Å²) in [6.07, 6.45) is 1.18. The number of rotatable bonds is 3. The van der Waals surface area contributed by atoms with Crippen molar-refractivity contribution in [1.82, 2.24) is 5.32 Å². The summed E-state index contributed by atoms with van der Waals surface area (Å²) in [6, 6.07) is -0.378. The highest BCUT2D eigenvalue weighted by atomic mass is 32.2. The maximum absolute atomic E-state index is 12.0. The summed E-state index contributed by atoms with van der Waals surface area (Å²) in [5, 5.41) is 11.7. The molecule has 19 heavy (non-hydrogen) atoms. The van der Waals surface area contributed by atoms with Crippen molar-refractivity contribution in [1.29, 1.82) is 0 Å². The first-order valence-corrected chi connectivity index (χ1v) is 8.21. The molecule has 0 aromatic carbocycles. The van der Waals surface area contributed by atoms with Crippen molar-refractivity contribution in [3.8, 4) is 0 Å². The van der Waals surface area contributed by atoms with Crippen LogP contribution in [0.5, 0.6) is 0 Å². The van der Waals surface area contributed by atoms with Crippen LogP contribution in [0.15, 0.2) is 0 Å². The third-order valence-electron chi connectivity index (χ3n) is 4.19. The quantitative estimate of drug-likeness (QED) is 0.764. The van der Waals surface area contributed by atoms with Crippen LogP contribution in [0.3, 0.4) is 0 Å². The summed E-state index contributed by atoms with van der Waals surface area (Å²) in [4.78, 5) is 23.1. The Bertz CT molecular complexity index is 510. The van der Waals surface area contributed by atoms with Gasteiger partial charge < -0.3 is 10.4 Å². The highest BCUT2D eigenvalue weighted by Gasteiger charge is 2.66. The van der Waals surface area contributed by atoms with Crippen LogP contribution in [0.25, 0.3) is 0 Å². The van der Waals surface area contributed by atoms with Crippen molar-refractivity contribution in [2.75, 3.05) is 11.5 Å². The lowest BCUT2D eigenvalue weighted by Gasteiger charge is -2.23. The van der Waals surface area contributed by atoms with Crippen LogP contribution in [0.2, 0.25) is 0 Å². The summed E-state index contributed by atoms with van der Waals surface area (Å²) in [5.41, 5.74) is -0.552. The first-order chi connectivity index (χ1) is 8.65. The zero-order chi connectivity index (χ0) is 14.4. The summed E-state index contributed by atoms with van der Waals surface area (Å²) in [7, 11) is -3.07. The number of aliphatic carboxylic acids is 1. The second-order valence-electron chi connectivity index (χ2n) is 6.08. The zero-order valence-electron chi connectivity index (χ0n) is 11.0. The van der Waals surface area contributed by atoms with Gasteiger partial charge in [-0.15, -0.1) is 0 Å². The van der Waals surface area contributed by atoms with Crippen LogP contribution in [0.4, 0.5) is 0 Å². The molecule has 6 nitrogen and oxygen atoms in total. The van der Waals surface area contributed by atoms with Crippen LogP contribution >= 0.6 is 0 Å². The number of nitrogens with one attached hydrogen (secondary N) is 1. The number of hydrogen-bond acceptors (Lipinski definition) is 4. The SMILES string of the molecule is CC1(C)[C@H](C(=O)O)[C@@H]1C(=O)NC1CCCS(=O)(=O)C1. The van der Waals surface area contributed by atoms with E-state index in [1.165, 1.54) is 0 Å². The number of amides is 1. The van der Waals surface area contributed by atoms with Gasteiger partial charge in [-0.2, -0.15) is 0 Å². The largest absolute Gasteiger partial charge is 0.481 e. The van der Waals surface area contributed by atoms with E-state index >= 15 is 0 Å². The van der Waals surface area contributed by atoms with Crippen LogP contribution in [0, 0.1) is 17.3 Å². The molecule has 7 heteroatoms. The van der Waals surface area contributed by atoms with Gasteiger partial charge >= 0.3 is 5.97 Å². The summed E-state index contributed by atoms with van der Waals surface area (Å²) >= 11 is 0. The van der Waals surface area contributed by atoms with E-state index in [-0.39, 0.29) is 23.5 Å². The number of carbonyl (C=O) groups excluding carboxylic acids is 1. The van der Waals surface area contributed by atoms with E-state index in [9.17, 15) is 18.0 Å². The normalized spacial score (nSPS) is 35.4. The third kappa shape index (κ3) is 2.75. The van der Waals surface area contributed by atoms with Crippen molar-refractivity contribution in [2.45, 2.75) is 32.7 Å². The molecule has 2 fully saturated rings.